The van der Waals surface area contributed by atoms with Crippen LogP contribution in [0.4, 0.5) is 0 Å². The van der Waals surface area contributed by atoms with E-state index in [1.807, 2.05) is 0 Å². The van der Waals surface area contributed by atoms with E-state index in [0.29, 0.717) is 11.8 Å². The number of fused-ring (bicyclic) bond motifs is 2. The molecule has 6 rings (SSSR count). The highest BCUT2D eigenvalue weighted by Crippen LogP contribution is 2.55. The van der Waals surface area contributed by atoms with E-state index in [9.17, 15) is 0 Å². The largest absolute Gasteiger partial charge is 0.0627 e. The lowest BCUT2D eigenvalue weighted by atomic mass is 9.63. The van der Waals surface area contributed by atoms with E-state index in [1.54, 1.807) is 11.1 Å². The van der Waals surface area contributed by atoms with Crippen LogP contribution in [0.5, 0.6) is 0 Å². The number of benzene rings is 4. The number of allylic oxidation sites excluding steroid dienone is 2. The molecule has 4 aromatic rings. The fraction of sp³-hybridized carbons (Fsp3) is 0.317. The first kappa shape index (κ1) is 27.5. The van der Waals surface area contributed by atoms with Gasteiger partial charge >= 0.3 is 0 Å². The van der Waals surface area contributed by atoms with Crippen LogP contribution in [0.3, 0.4) is 0 Å². The van der Waals surface area contributed by atoms with Crippen LogP contribution in [-0.2, 0) is 12.8 Å². The highest BCUT2D eigenvalue weighted by atomic mass is 14.5. The molecular formula is C41H44. The van der Waals surface area contributed by atoms with E-state index in [4.69, 9.17) is 0 Å². The zero-order valence-corrected chi connectivity index (χ0v) is 25.7. The van der Waals surface area contributed by atoms with Crippen molar-refractivity contribution in [3.05, 3.63) is 129 Å². The quantitative estimate of drug-likeness (QED) is 0.210. The zero-order chi connectivity index (χ0) is 28.7. The number of aryl methyl sites for hydroxylation is 2. The van der Waals surface area contributed by atoms with Gasteiger partial charge in [-0.3, -0.25) is 0 Å². The Bertz CT molecular complexity index is 1530. The predicted molar refractivity (Wildman–Crippen MR) is 178 cm³/mol. The molecule has 0 aromatic heterocycles. The maximum Gasteiger partial charge on any atom is 0.0139 e. The lowest BCUT2D eigenvalue weighted by molar-refractivity contribution is 0.273. The van der Waals surface area contributed by atoms with Crippen molar-refractivity contribution in [1.29, 1.82) is 0 Å². The van der Waals surface area contributed by atoms with Gasteiger partial charge in [-0.15, -0.1) is 0 Å². The normalized spacial score (nSPS) is 14.3. The summed E-state index contributed by atoms with van der Waals surface area (Å²) in [5, 5.41) is 0. The van der Waals surface area contributed by atoms with E-state index in [0.717, 1.165) is 12.8 Å². The van der Waals surface area contributed by atoms with Crippen LogP contribution in [0, 0.1) is 31.1 Å². The van der Waals surface area contributed by atoms with Gasteiger partial charge in [0.1, 0.15) is 0 Å². The van der Waals surface area contributed by atoms with Crippen molar-refractivity contribution in [3.63, 3.8) is 0 Å². The first-order valence-corrected chi connectivity index (χ1v) is 15.5. The Morgan fingerprint density at radius 3 is 1.29 bits per heavy atom. The van der Waals surface area contributed by atoms with Crippen LogP contribution >= 0.6 is 0 Å². The molecule has 0 saturated carbocycles. The van der Waals surface area contributed by atoms with Crippen molar-refractivity contribution in [2.45, 2.75) is 67.2 Å². The van der Waals surface area contributed by atoms with E-state index in [2.05, 4.69) is 139 Å². The summed E-state index contributed by atoms with van der Waals surface area (Å²) in [4.78, 5) is 0. The summed E-state index contributed by atoms with van der Waals surface area (Å²) in [5.74, 6) is 1.21. The molecule has 0 saturated heterocycles. The van der Waals surface area contributed by atoms with Crippen molar-refractivity contribution < 1.29 is 0 Å². The minimum Gasteiger partial charge on any atom is -0.0627 e. The lowest BCUT2D eigenvalue weighted by Crippen LogP contribution is -2.30. The summed E-state index contributed by atoms with van der Waals surface area (Å²) >= 11 is 0. The third-order valence-corrected chi connectivity index (χ3v) is 9.41. The Kier molecular flexibility index (Phi) is 7.37. The SMILES string of the molecule is Cc1ccccc1-c1cccc2c1C=C(C(CC(C)C)(CC(C)C)C1=Cc3c(cccc3-c3ccccc3C)C1)C2. The van der Waals surface area contributed by atoms with E-state index >= 15 is 0 Å². The van der Waals surface area contributed by atoms with Gasteiger partial charge in [-0.2, -0.15) is 0 Å². The summed E-state index contributed by atoms with van der Waals surface area (Å²) in [7, 11) is 0. The Hall–Kier alpha value is -3.64. The summed E-state index contributed by atoms with van der Waals surface area (Å²) in [6.45, 7) is 14.1. The summed E-state index contributed by atoms with van der Waals surface area (Å²) < 4.78 is 0. The third-order valence-electron chi connectivity index (χ3n) is 9.41. The minimum atomic E-state index is 0.0480. The van der Waals surface area contributed by atoms with Crippen molar-refractivity contribution in [2.24, 2.45) is 17.3 Å². The summed E-state index contributed by atoms with van der Waals surface area (Å²) in [5.41, 5.74) is 17.3. The standard InChI is InChI=1S/C41H44/c1-27(2)25-41(26-28(3)4,33-21-31-15-11-19-37(39(31)23-33)35-17-9-7-13-29(35)5)34-22-32-16-12-20-38(40(32)24-34)36-18-10-8-14-30(36)6/h7-20,23-24,27-28H,21-22,25-26H2,1-6H3. The van der Waals surface area contributed by atoms with E-state index in [-0.39, 0.29) is 5.41 Å². The second-order valence-electron chi connectivity index (χ2n) is 13.4. The molecule has 208 valence electrons. The second-order valence-corrected chi connectivity index (χ2v) is 13.4. The first-order chi connectivity index (χ1) is 19.8. The van der Waals surface area contributed by atoms with Gasteiger partial charge in [-0.25, -0.2) is 0 Å². The maximum absolute atomic E-state index is 2.61. The second kappa shape index (κ2) is 11.0. The van der Waals surface area contributed by atoms with Crippen molar-refractivity contribution >= 4 is 12.2 Å². The van der Waals surface area contributed by atoms with Gasteiger partial charge in [-0.05, 0) is 107 Å². The number of rotatable bonds is 8. The topological polar surface area (TPSA) is 0 Å². The van der Waals surface area contributed by atoms with E-state index < -0.39 is 0 Å². The highest BCUT2D eigenvalue weighted by molar-refractivity contribution is 5.85. The molecule has 0 radical (unpaired) electrons. The average Bonchev–Trinajstić information content (AvgIpc) is 3.58. The molecule has 2 aliphatic carbocycles. The van der Waals surface area contributed by atoms with Crippen LogP contribution in [0.25, 0.3) is 34.4 Å². The molecule has 0 aliphatic heterocycles. The molecule has 41 heavy (non-hydrogen) atoms. The highest BCUT2D eigenvalue weighted by Gasteiger charge is 2.42. The fourth-order valence-corrected chi connectivity index (χ4v) is 7.78. The van der Waals surface area contributed by atoms with Crippen LogP contribution in [0.1, 0.15) is 73.9 Å². The number of hydrogen-bond acceptors (Lipinski definition) is 0. The molecule has 0 spiro atoms. The molecule has 0 amide bonds. The smallest absolute Gasteiger partial charge is 0.0139 e. The Balaban J connectivity index is 1.51. The van der Waals surface area contributed by atoms with Gasteiger partial charge in [0.25, 0.3) is 0 Å². The predicted octanol–water partition coefficient (Wildman–Crippen LogP) is 11.3. The van der Waals surface area contributed by atoms with Crippen LogP contribution in [0.2, 0.25) is 0 Å². The van der Waals surface area contributed by atoms with Crippen LogP contribution in [-0.4, -0.2) is 0 Å². The minimum absolute atomic E-state index is 0.0480. The molecule has 0 heterocycles. The van der Waals surface area contributed by atoms with Gasteiger partial charge in [0.2, 0.25) is 0 Å². The maximum atomic E-state index is 2.61. The average molecular weight is 537 g/mol. The molecule has 0 unspecified atom stereocenters. The van der Waals surface area contributed by atoms with Crippen LogP contribution < -0.4 is 0 Å². The Labute approximate surface area is 247 Å². The molecule has 0 fully saturated rings. The monoisotopic (exact) mass is 536 g/mol. The fourth-order valence-electron chi connectivity index (χ4n) is 7.78. The summed E-state index contributed by atoms with van der Waals surface area (Å²) in [6.07, 6.45) is 9.68. The Morgan fingerprint density at radius 1 is 0.512 bits per heavy atom. The van der Waals surface area contributed by atoms with Gasteiger partial charge in [0.15, 0.2) is 0 Å². The van der Waals surface area contributed by atoms with E-state index in [1.165, 1.54) is 68.5 Å². The van der Waals surface area contributed by atoms with Crippen molar-refractivity contribution in [3.8, 4) is 22.3 Å². The van der Waals surface area contributed by atoms with Crippen LogP contribution in [0.15, 0.2) is 96.1 Å². The first-order valence-electron chi connectivity index (χ1n) is 15.5. The molecule has 0 N–H and O–H groups in total. The van der Waals surface area contributed by atoms with Gasteiger partial charge in [0.05, 0.1) is 0 Å². The molecule has 4 aromatic carbocycles. The molecule has 0 nitrogen and oxygen atoms in total. The third kappa shape index (κ3) is 5.03. The Morgan fingerprint density at radius 2 is 0.902 bits per heavy atom. The summed E-state index contributed by atoms with van der Waals surface area (Å²) in [6, 6.07) is 31.6. The van der Waals surface area contributed by atoms with Crippen molar-refractivity contribution in [1.82, 2.24) is 0 Å². The molecule has 0 heteroatoms. The number of hydrogen-bond donors (Lipinski definition) is 0. The van der Waals surface area contributed by atoms with Gasteiger partial charge in [-0.1, -0.05) is 136 Å². The molecule has 0 atom stereocenters. The zero-order valence-electron chi connectivity index (χ0n) is 25.7. The molecule has 2 aliphatic rings. The lowest BCUT2D eigenvalue weighted by Gasteiger charge is -2.40. The van der Waals surface area contributed by atoms with Crippen molar-refractivity contribution in [2.75, 3.05) is 0 Å². The molecule has 0 bridgehead atoms. The van der Waals surface area contributed by atoms with Gasteiger partial charge < -0.3 is 0 Å². The molecular weight excluding hydrogens is 492 g/mol. The van der Waals surface area contributed by atoms with Gasteiger partial charge in [0, 0.05) is 5.41 Å².